The molecule has 2 atom stereocenters. The number of ether oxygens (including phenoxy) is 1. The molecule has 114 valence electrons. The SMILES string of the molecule is CC1(C(=O)O)COCC1NC(=O)NCc1ccc(F)cc1. The normalized spacial score (nSPS) is 24.6. The van der Waals surface area contributed by atoms with Crippen LogP contribution in [0.15, 0.2) is 24.3 Å². The Kier molecular flexibility index (Phi) is 4.42. The maximum atomic E-state index is 12.7. The van der Waals surface area contributed by atoms with Crippen molar-refractivity contribution in [2.45, 2.75) is 19.5 Å². The Balaban J connectivity index is 1.87. The Morgan fingerprint density at radius 2 is 2.10 bits per heavy atom. The fourth-order valence-electron chi connectivity index (χ4n) is 2.08. The minimum absolute atomic E-state index is 0.0608. The number of carbonyl (C=O) groups is 2. The third-order valence-corrected chi connectivity index (χ3v) is 3.62. The van der Waals surface area contributed by atoms with Gasteiger partial charge in [0.15, 0.2) is 0 Å². The average Bonchev–Trinajstić information content (AvgIpc) is 2.81. The second-order valence-corrected chi connectivity index (χ2v) is 5.24. The van der Waals surface area contributed by atoms with Gasteiger partial charge in [-0.3, -0.25) is 4.79 Å². The van der Waals surface area contributed by atoms with Crippen LogP contribution in [0, 0.1) is 11.2 Å². The van der Waals surface area contributed by atoms with Crippen LogP contribution in [0.25, 0.3) is 0 Å². The Labute approximate surface area is 121 Å². The molecule has 1 heterocycles. The molecule has 1 aliphatic heterocycles. The molecule has 1 fully saturated rings. The number of nitrogens with one attached hydrogen (secondary N) is 2. The van der Waals surface area contributed by atoms with Gasteiger partial charge in [0.1, 0.15) is 11.2 Å². The van der Waals surface area contributed by atoms with E-state index in [1.165, 1.54) is 19.1 Å². The summed E-state index contributed by atoms with van der Waals surface area (Å²) in [6, 6.07) is 4.67. The molecule has 2 rings (SSSR count). The molecule has 2 unspecified atom stereocenters. The number of carboxylic acid groups (broad SMARTS) is 1. The number of aliphatic carboxylic acids is 1. The van der Waals surface area contributed by atoms with Crippen LogP contribution in [-0.2, 0) is 16.1 Å². The number of carboxylic acids is 1. The Hall–Kier alpha value is -2.15. The van der Waals surface area contributed by atoms with Crippen molar-refractivity contribution in [1.29, 1.82) is 0 Å². The van der Waals surface area contributed by atoms with E-state index >= 15 is 0 Å². The minimum Gasteiger partial charge on any atom is -0.481 e. The van der Waals surface area contributed by atoms with Crippen molar-refractivity contribution >= 4 is 12.0 Å². The first-order valence-corrected chi connectivity index (χ1v) is 6.52. The van der Waals surface area contributed by atoms with E-state index in [4.69, 9.17) is 4.74 Å². The summed E-state index contributed by atoms with van der Waals surface area (Å²) in [7, 11) is 0. The van der Waals surface area contributed by atoms with Gasteiger partial charge >= 0.3 is 12.0 Å². The van der Waals surface area contributed by atoms with Gasteiger partial charge in [0.2, 0.25) is 0 Å². The predicted octanol–water partition coefficient (Wildman–Crippen LogP) is 1.11. The highest BCUT2D eigenvalue weighted by Crippen LogP contribution is 2.28. The molecule has 6 nitrogen and oxygen atoms in total. The molecule has 1 saturated heterocycles. The highest BCUT2D eigenvalue weighted by atomic mass is 19.1. The summed E-state index contributed by atoms with van der Waals surface area (Å²) in [5.74, 6) is -1.35. The standard InChI is InChI=1S/C14H17FN2O4/c1-14(12(18)19)8-21-7-11(14)17-13(20)16-6-9-2-4-10(15)5-3-9/h2-5,11H,6-8H2,1H3,(H,18,19)(H2,16,17,20). The van der Waals surface area contributed by atoms with Crippen LogP contribution in [0.3, 0.4) is 0 Å². The van der Waals surface area contributed by atoms with Gasteiger partial charge in [-0.15, -0.1) is 0 Å². The highest BCUT2D eigenvalue weighted by Gasteiger charge is 2.47. The number of rotatable bonds is 4. The number of halogens is 1. The first-order valence-electron chi connectivity index (χ1n) is 6.52. The molecule has 0 spiro atoms. The lowest BCUT2D eigenvalue weighted by atomic mass is 9.85. The molecule has 2 amide bonds. The average molecular weight is 296 g/mol. The predicted molar refractivity (Wildman–Crippen MR) is 72.1 cm³/mol. The summed E-state index contributed by atoms with van der Waals surface area (Å²) >= 11 is 0. The molecule has 1 aliphatic rings. The van der Waals surface area contributed by atoms with Crippen molar-refractivity contribution in [3.05, 3.63) is 35.6 Å². The molecular weight excluding hydrogens is 279 g/mol. The summed E-state index contributed by atoms with van der Waals surface area (Å²) in [6.45, 7) is 1.98. The van der Waals surface area contributed by atoms with Crippen molar-refractivity contribution in [2.75, 3.05) is 13.2 Å². The lowest BCUT2D eigenvalue weighted by molar-refractivity contribution is -0.148. The van der Waals surface area contributed by atoms with Gasteiger partial charge in [0, 0.05) is 6.54 Å². The molecule has 0 aliphatic carbocycles. The number of hydrogen-bond donors (Lipinski definition) is 3. The van der Waals surface area contributed by atoms with E-state index in [2.05, 4.69) is 10.6 Å². The monoisotopic (exact) mass is 296 g/mol. The van der Waals surface area contributed by atoms with E-state index in [1.807, 2.05) is 0 Å². The van der Waals surface area contributed by atoms with Gasteiger partial charge in [0.05, 0.1) is 19.3 Å². The largest absolute Gasteiger partial charge is 0.481 e. The molecule has 3 N–H and O–H groups in total. The van der Waals surface area contributed by atoms with Crippen LogP contribution >= 0.6 is 0 Å². The molecule has 1 aromatic rings. The van der Waals surface area contributed by atoms with Gasteiger partial charge in [-0.2, -0.15) is 0 Å². The van der Waals surface area contributed by atoms with Crippen molar-refractivity contribution in [1.82, 2.24) is 10.6 Å². The molecule has 21 heavy (non-hydrogen) atoms. The molecule has 0 aromatic heterocycles. The first-order chi connectivity index (χ1) is 9.91. The highest BCUT2D eigenvalue weighted by molar-refractivity contribution is 5.79. The fraction of sp³-hybridized carbons (Fsp3) is 0.429. The van der Waals surface area contributed by atoms with Gasteiger partial charge in [-0.05, 0) is 24.6 Å². The first kappa shape index (κ1) is 15.2. The molecule has 7 heteroatoms. The van der Waals surface area contributed by atoms with Crippen molar-refractivity contribution < 1.29 is 23.8 Å². The van der Waals surface area contributed by atoms with Crippen LogP contribution in [0.4, 0.5) is 9.18 Å². The zero-order chi connectivity index (χ0) is 15.5. The van der Waals surface area contributed by atoms with E-state index in [9.17, 15) is 19.1 Å². The molecule has 1 aromatic carbocycles. The number of carbonyl (C=O) groups excluding carboxylic acids is 1. The minimum atomic E-state index is -1.13. The van der Waals surface area contributed by atoms with E-state index < -0.39 is 23.5 Å². The topological polar surface area (TPSA) is 87.7 Å². The number of hydrogen-bond acceptors (Lipinski definition) is 3. The van der Waals surface area contributed by atoms with E-state index in [-0.39, 0.29) is 25.6 Å². The summed E-state index contributed by atoms with van der Waals surface area (Å²) in [6.07, 6.45) is 0. The quantitative estimate of drug-likeness (QED) is 0.777. The number of benzene rings is 1. The smallest absolute Gasteiger partial charge is 0.315 e. The van der Waals surface area contributed by atoms with Crippen LogP contribution < -0.4 is 10.6 Å². The van der Waals surface area contributed by atoms with E-state index in [1.54, 1.807) is 12.1 Å². The zero-order valence-corrected chi connectivity index (χ0v) is 11.6. The van der Waals surface area contributed by atoms with Gasteiger partial charge in [-0.1, -0.05) is 12.1 Å². The third kappa shape index (κ3) is 3.49. The van der Waals surface area contributed by atoms with Crippen LogP contribution in [0.1, 0.15) is 12.5 Å². The number of urea groups is 1. The summed E-state index contributed by atoms with van der Waals surface area (Å²) in [4.78, 5) is 23.0. The zero-order valence-electron chi connectivity index (χ0n) is 11.6. The molecule has 0 saturated carbocycles. The summed E-state index contributed by atoms with van der Waals surface area (Å²) in [5, 5.41) is 14.4. The summed E-state index contributed by atoms with van der Waals surface area (Å²) in [5.41, 5.74) is -0.386. The van der Waals surface area contributed by atoms with Crippen LogP contribution in [0.2, 0.25) is 0 Å². The lowest BCUT2D eigenvalue weighted by Crippen LogP contribution is -2.52. The van der Waals surface area contributed by atoms with Crippen molar-refractivity contribution in [2.24, 2.45) is 5.41 Å². The van der Waals surface area contributed by atoms with E-state index in [0.29, 0.717) is 0 Å². The van der Waals surface area contributed by atoms with E-state index in [0.717, 1.165) is 5.56 Å². The maximum absolute atomic E-state index is 12.7. The molecular formula is C14H17FN2O4. The lowest BCUT2D eigenvalue weighted by Gasteiger charge is -2.25. The Morgan fingerprint density at radius 3 is 2.71 bits per heavy atom. The Morgan fingerprint density at radius 1 is 1.43 bits per heavy atom. The van der Waals surface area contributed by atoms with Crippen molar-refractivity contribution in [3.8, 4) is 0 Å². The third-order valence-electron chi connectivity index (χ3n) is 3.62. The molecule has 0 bridgehead atoms. The second kappa shape index (κ2) is 6.09. The molecule has 0 radical (unpaired) electrons. The number of amides is 2. The summed E-state index contributed by atoms with van der Waals surface area (Å²) < 4.78 is 17.9. The fourth-order valence-corrected chi connectivity index (χ4v) is 2.08. The Bertz CT molecular complexity index is 534. The van der Waals surface area contributed by atoms with Gasteiger partial charge in [0.25, 0.3) is 0 Å². The van der Waals surface area contributed by atoms with Gasteiger partial charge in [-0.25, -0.2) is 9.18 Å². The maximum Gasteiger partial charge on any atom is 0.315 e. The van der Waals surface area contributed by atoms with Crippen LogP contribution in [0.5, 0.6) is 0 Å². The van der Waals surface area contributed by atoms with Crippen LogP contribution in [-0.4, -0.2) is 36.4 Å². The second-order valence-electron chi connectivity index (χ2n) is 5.24. The van der Waals surface area contributed by atoms with Crippen molar-refractivity contribution in [3.63, 3.8) is 0 Å². The van der Waals surface area contributed by atoms with Gasteiger partial charge < -0.3 is 20.5 Å².